The van der Waals surface area contributed by atoms with E-state index in [-0.39, 0.29) is 37.5 Å². The molecule has 0 saturated heterocycles. The molecule has 0 saturated carbocycles. The predicted octanol–water partition coefficient (Wildman–Crippen LogP) is 24.3. The van der Waals surface area contributed by atoms with Crippen molar-refractivity contribution in [3.05, 3.63) is 122 Å². The SMILES string of the molecule is CC/C=C\C/C=C\C/C=C\C/C=C\CCCCCCCCC(=O)OC(COC(=O)CC/C=C\C/C=C\C/C=C\C/C=C\CC)COC(=O)CCCCCCCCCCCCCCCCCCCCCCC/C=C\C/C=C\CCCCCCC. The lowest BCUT2D eigenvalue weighted by Crippen LogP contribution is -2.30. The molecule has 0 aromatic rings. The lowest BCUT2D eigenvalue weighted by atomic mass is 10.0. The largest absolute Gasteiger partial charge is 0.462 e. The third-order valence-corrected chi connectivity index (χ3v) is 14.9. The molecule has 0 fully saturated rings. The Hall–Kier alpha value is -4.19. The number of esters is 3. The summed E-state index contributed by atoms with van der Waals surface area (Å²) in [7, 11) is 0. The average molecular weight is 1150 g/mol. The van der Waals surface area contributed by atoms with Crippen LogP contribution in [0.1, 0.15) is 329 Å². The minimum Gasteiger partial charge on any atom is -0.462 e. The maximum Gasteiger partial charge on any atom is 0.306 e. The molecule has 0 N–H and O–H groups in total. The second kappa shape index (κ2) is 70.3. The van der Waals surface area contributed by atoms with Crippen LogP contribution in [0.4, 0.5) is 0 Å². The van der Waals surface area contributed by atoms with Crippen LogP contribution < -0.4 is 0 Å². The molecule has 0 radical (unpaired) electrons. The van der Waals surface area contributed by atoms with Crippen LogP contribution in [0.25, 0.3) is 0 Å². The first kappa shape index (κ1) is 78.8. The number of carbonyl (C=O) groups is 3. The van der Waals surface area contributed by atoms with Gasteiger partial charge in [-0.1, -0.05) is 316 Å². The van der Waals surface area contributed by atoms with Gasteiger partial charge in [-0.2, -0.15) is 0 Å². The Kier molecular flexibility index (Phi) is 66.7. The van der Waals surface area contributed by atoms with Gasteiger partial charge in [-0.15, -0.1) is 0 Å². The molecular formula is C77H130O6. The maximum atomic E-state index is 12.9. The minimum atomic E-state index is -0.818. The zero-order chi connectivity index (χ0) is 59.9. The normalized spacial score (nSPS) is 12.9. The molecule has 0 aliphatic carbocycles. The van der Waals surface area contributed by atoms with Crippen LogP contribution in [0.5, 0.6) is 0 Å². The van der Waals surface area contributed by atoms with Gasteiger partial charge in [0, 0.05) is 19.3 Å². The third kappa shape index (κ3) is 68.5. The molecule has 83 heavy (non-hydrogen) atoms. The van der Waals surface area contributed by atoms with Gasteiger partial charge in [-0.25, -0.2) is 0 Å². The van der Waals surface area contributed by atoms with Gasteiger partial charge in [0.15, 0.2) is 6.10 Å². The summed E-state index contributed by atoms with van der Waals surface area (Å²) < 4.78 is 16.9. The average Bonchev–Trinajstić information content (AvgIpc) is 3.49. The van der Waals surface area contributed by atoms with E-state index in [1.54, 1.807) is 0 Å². The Balaban J connectivity index is 4.22. The summed E-state index contributed by atoms with van der Waals surface area (Å²) in [5, 5.41) is 0. The van der Waals surface area contributed by atoms with Gasteiger partial charge >= 0.3 is 17.9 Å². The van der Waals surface area contributed by atoms with Gasteiger partial charge in [0.1, 0.15) is 13.2 Å². The van der Waals surface area contributed by atoms with E-state index in [4.69, 9.17) is 14.2 Å². The highest BCUT2D eigenvalue weighted by Gasteiger charge is 2.19. The lowest BCUT2D eigenvalue weighted by molar-refractivity contribution is -0.166. The number of allylic oxidation sites excluding steroid dienone is 20. The Bertz CT molecular complexity index is 1700. The molecule has 0 aliphatic rings. The van der Waals surface area contributed by atoms with E-state index in [9.17, 15) is 14.4 Å². The topological polar surface area (TPSA) is 78.9 Å². The quantitative estimate of drug-likeness (QED) is 0.0261. The molecule has 0 aromatic carbocycles. The highest BCUT2D eigenvalue weighted by Crippen LogP contribution is 2.17. The van der Waals surface area contributed by atoms with Crippen molar-refractivity contribution in [2.24, 2.45) is 0 Å². The highest BCUT2D eigenvalue weighted by atomic mass is 16.6. The van der Waals surface area contributed by atoms with E-state index in [2.05, 4.69) is 136 Å². The van der Waals surface area contributed by atoms with Crippen molar-refractivity contribution in [3.63, 3.8) is 0 Å². The molecule has 0 spiro atoms. The van der Waals surface area contributed by atoms with Crippen LogP contribution in [0, 0.1) is 0 Å². The van der Waals surface area contributed by atoms with Crippen LogP contribution in [0.2, 0.25) is 0 Å². The van der Waals surface area contributed by atoms with E-state index >= 15 is 0 Å². The Morgan fingerprint density at radius 3 is 0.807 bits per heavy atom. The van der Waals surface area contributed by atoms with E-state index in [0.29, 0.717) is 19.3 Å². The summed E-state index contributed by atoms with van der Waals surface area (Å²) in [4.78, 5) is 38.3. The third-order valence-electron chi connectivity index (χ3n) is 14.9. The van der Waals surface area contributed by atoms with Crippen molar-refractivity contribution in [1.82, 2.24) is 0 Å². The van der Waals surface area contributed by atoms with Gasteiger partial charge in [0.25, 0.3) is 0 Å². The van der Waals surface area contributed by atoms with Crippen LogP contribution in [0.15, 0.2) is 122 Å². The second-order valence-corrected chi connectivity index (χ2v) is 23.0. The van der Waals surface area contributed by atoms with Crippen molar-refractivity contribution >= 4 is 17.9 Å². The molecule has 0 rings (SSSR count). The Labute approximate surface area is 513 Å². The van der Waals surface area contributed by atoms with Crippen LogP contribution in [0.3, 0.4) is 0 Å². The fraction of sp³-hybridized carbons (Fsp3) is 0.701. The van der Waals surface area contributed by atoms with Crippen molar-refractivity contribution in [2.45, 2.75) is 335 Å². The van der Waals surface area contributed by atoms with Crippen LogP contribution in [-0.4, -0.2) is 37.2 Å². The lowest BCUT2D eigenvalue weighted by Gasteiger charge is -2.18. The monoisotopic (exact) mass is 1150 g/mol. The van der Waals surface area contributed by atoms with Gasteiger partial charge in [0.2, 0.25) is 0 Å². The number of carbonyl (C=O) groups excluding carboxylic acids is 3. The molecule has 0 heterocycles. The summed E-state index contributed by atoms with van der Waals surface area (Å²) >= 11 is 0. The molecule has 6 nitrogen and oxygen atoms in total. The van der Waals surface area contributed by atoms with Crippen molar-refractivity contribution in [2.75, 3.05) is 13.2 Å². The first-order valence-electron chi connectivity index (χ1n) is 35.0. The van der Waals surface area contributed by atoms with Crippen molar-refractivity contribution in [3.8, 4) is 0 Å². The summed E-state index contributed by atoms with van der Waals surface area (Å²) in [5.41, 5.74) is 0. The zero-order valence-corrected chi connectivity index (χ0v) is 54.4. The van der Waals surface area contributed by atoms with Crippen molar-refractivity contribution in [1.29, 1.82) is 0 Å². The maximum absolute atomic E-state index is 12.9. The smallest absolute Gasteiger partial charge is 0.306 e. The number of ether oxygens (including phenoxy) is 3. The number of hydrogen-bond acceptors (Lipinski definition) is 6. The number of unbranched alkanes of at least 4 members (excludes halogenated alkanes) is 32. The van der Waals surface area contributed by atoms with E-state index < -0.39 is 6.10 Å². The summed E-state index contributed by atoms with van der Waals surface area (Å²) in [5.74, 6) is -0.997. The molecule has 474 valence electrons. The van der Waals surface area contributed by atoms with E-state index in [1.165, 1.54) is 173 Å². The summed E-state index contributed by atoms with van der Waals surface area (Å²) in [6.07, 6.45) is 98.3. The highest BCUT2D eigenvalue weighted by molar-refractivity contribution is 5.71. The molecular weight excluding hydrogens is 1020 g/mol. The van der Waals surface area contributed by atoms with Gasteiger partial charge in [-0.3, -0.25) is 14.4 Å². The molecule has 1 unspecified atom stereocenters. The fourth-order valence-corrected chi connectivity index (χ4v) is 9.77. The first-order valence-corrected chi connectivity index (χ1v) is 35.0. The Morgan fingerprint density at radius 1 is 0.253 bits per heavy atom. The molecule has 6 heteroatoms. The van der Waals surface area contributed by atoms with Crippen LogP contribution in [-0.2, 0) is 28.6 Å². The van der Waals surface area contributed by atoms with E-state index in [1.807, 2.05) is 6.08 Å². The van der Waals surface area contributed by atoms with Gasteiger partial charge in [0.05, 0.1) is 0 Å². The van der Waals surface area contributed by atoms with E-state index in [0.717, 1.165) is 109 Å². The molecule has 0 amide bonds. The number of rotatable bonds is 63. The van der Waals surface area contributed by atoms with Gasteiger partial charge < -0.3 is 14.2 Å². The van der Waals surface area contributed by atoms with Crippen molar-refractivity contribution < 1.29 is 28.6 Å². The molecule has 0 aromatic heterocycles. The molecule has 0 aliphatic heterocycles. The standard InChI is InChI=1S/C77H130O6/c1-4-7-10-13-16-19-22-25-27-29-31-32-33-34-35-36-37-38-39-40-41-42-43-44-46-47-49-52-55-58-61-64-67-70-76(79)82-73-74(72-81-75(78)69-66-63-60-57-54-51-24-21-18-15-12-9-6-3)83-77(80)71-68-65-62-59-56-53-50-48-45-30-28-26-23-20-17-14-11-8-5-2/h8-9,11-12,17-18,20-22,25-26,28-29,31,45,48,51,54,60,63,74H,4-7,10,13-16,19,23-24,27,30,32-44,46-47,49-50,52-53,55-59,61-62,64-73H2,1-3H3/b11-8-,12-9-,20-17-,21-18-,25-22-,28-26-,31-29-,48-45-,54-51-,63-60-. The second-order valence-electron chi connectivity index (χ2n) is 23.0. The fourth-order valence-electron chi connectivity index (χ4n) is 9.77. The Morgan fingerprint density at radius 2 is 0.494 bits per heavy atom. The van der Waals surface area contributed by atoms with Crippen LogP contribution >= 0.6 is 0 Å². The first-order chi connectivity index (χ1) is 41.0. The predicted molar refractivity (Wildman–Crippen MR) is 362 cm³/mol. The zero-order valence-electron chi connectivity index (χ0n) is 54.4. The summed E-state index contributed by atoms with van der Waals surface area (Å²) in [6, 6.07) is 0. The number of hydrogen-bond donors (Lipinski definition) is 0. The minimum absolute atomic E-state index is 0.106. The molecule has 1 atom stereocenters. The van der Waals surface area contributed by atoms with Gasteiger partial charge in [-0.05, 0) is 116 Å². The summed E-state index contributed by atoms with van der Waals surface area (Å²) in [6.45, 7) is 6.35. The molecule has 0 bridgehead atoms.